The van der Waals surface area contributed by atoms with Crippen molar-refractivity contribution < 1.29 is 23.5 Å². The largest absolute Gasteiger partial charge is 0.497 e. The highest BCUT2D eigenvalue weighted by atomic mass is 16.5. The number of carbonyl (C=O) groups excluding carboxylic acids is 2. The predicted molar refractivity (Wildman–Crippen MR) is 143 cm³/mol. The maximum absolute atomic E-state index is 12.8. The lowest BCUT2D eigenvalue weighted by molar-refractivity contribution is -0.114. The molecule has 0 aliphatic rings. The summed E-state index contributed by atoms with van der Waals surface area (Å²) in [6.45, 7) is 5.23. The van der Waals surface area contributed by atoms with Gasteiger partial charge in [-0.25, -0.2) is 0 Å². The molecule has 184 valence electrons. The molecule has 0 aliphatic heterocycles. The van der Waals surface area contributed by atoms with E-state index in [-0.39, 0.29) is 11.8 Å². The van der Waals surface area contributed by atoms with Gasteiger partial charge in [0.05, 0.1) is 20.5 Å². The van der Waals surface area contributed by atoms with Gasteiger partial charge in [-0.05, 0) is 61.4 Å². The fraction of sp³-hybridized carbons (Fsp3) is 0.172. The Kier molecular flexibility index (Phi) is 7.10. The fourth-order valence-corrected chi connectivity index (χ4v) is 4.22. The van der Waals surface area contributed by atoms with Crippen molar-refractivity contribution in [3.63, 3.8) is 0 Å². The third-order valence-corrected chi connectivity index (χ3v) is 5.85. The van der Waals surface area contributed by atoms with E-state index in [1.165, 1.54) is 13.0 Å². The molecule has 7 heteroatoms. The number of rotatable bonds is 7. The zero-order valence-corrected chi connectivity index (χ0v) is 20.9. The number of hydrogen-bond donors (Lipinski definition) is 2. The van der Waals surface area contributed by atoms with E-state index in [9.17, 15) is 9.59 Å². The van der Waals surface area contributed by atoms with Crippen LogP contribution in [0.4, 0.5) is 11.4 Å². The lowest BCUT2D eigenvalue weighted by atomic mass is 9.96. The zero-order chi connectivity index (χ0) is 25.8. The Balaban J connectivity index is 1.71. The summed E-state index contributed by atoms with van der Waals surface area (Å²) in [5.74, 6) is 0.915. The third-order valence-electron chi connectivity index (χ3n) is 5.85. The molecule has 0 radical (unpaired) electrons. The Morgan fingerprint density at radius 2 is 1.64 bits per heavy atom. The quantitative estimate of drug-likeness (QED) is 0.295. The first-order valence-corrected chi connectivity index (χ1v) is 11.4. The first kappa shape index (κ1) is 24.6. The van der Waals surface area contributed by atoms with Gasteiger partial charge in [-0.3, -0.25) is 9.59 Å². The van der Waals surface area contributed by atoms with Crippen LogP contribution in [0.25, 0.3) is 27.7 Å². The van der Waals surface area contributed by atoms with Gasteiger partial charge >= 0.3 is 0 Å². The topological polar surface area (TPSA) is 89.8 Å². The molecule has 0 unspecified atom stereocenters. The molecule has 3 aromatic carbocycles. The summed E-state index contributed by atoms with van der Waals surface area (Å²) in [5, 5.41) is 6.47. The van der Waals surface area contributed by atoms with E-state index in [2.05, 4.69) is 10.6 Å². The Labute approximate surface area is 209 Å². The first-order valence-electron chi connectivity index (χ1n) is 11.4. The molecular weight excluding hydrogens is 456 g/mol. The van der Waals surface area contributed by atoms with E-state index in [1.54, 1.807) is 44.7 Å². The summed E-state index contributed by atoms with van der Waals surface area (Å²) < 4.78 is 17.0. The molecule has 2 amide bonds. The highest BCUT2D eigenvalue weighted by molar-refractivity contribution is 6.06. The molecule has 0 aliphatic carbocycles. The molecule has 0 saturated carbocycles. The van der Waals surface area contributed by atoms with E-state index in [1.807, 2.05) is 44.2 Å². The van der Waals surface area contributed by atoms with Crippen LogP contribution in [0.15, 0.2) is 71.4 Å². The number of nitrogens with one attached hydrogen (secondary N) is 2. The maximum atomic E-state index is 12.8. The molecule has 4 rings (SSSR count). The van der Waals surface area contributed by atoms with E-state index in [4.69, 9.17) is 13.9 Å². The van der Waals surface area contributed by atoms with Crippen LogP contribution >= 0.6 is 0 Å². The number of anilines is 2. The van der Waals surface area contributed by atoms with E-state index in [0.29, 0.717) is 17.1 Å². The minimum atomic E-state index is -0.299. The third kappa shape index (κ3) is 5.10. The smallest absolute Gasteiger partial charge is 0.248 e. The van der Waals surface area contributed by atoms with Gasteiger partial charge in [0.15, 0.2) is 0 Å². The van der Waals surface area contributed by atoms with Crippen LogP contribution in [-0.2, 0) is 9.59 Å². The lowest BCUT2D eigenvalue weighted by Gasteiger charge is -2.13. The van der Waals surface area contributed by atoms with Gasteiger partial charge in [0.2, 0.25) is 11.8 Å². The summed E-state index contributed by atoms with van der Waals surface area (Å²) >= 11 is 0. The second kappa shape index (κ2) is 10.4. The SMILES string of the molecule is COc1cccc(-c2coc3c(C)c(OC)c(/C(C)=C/C(=O)Nc4cccc(NC(C)=O)c4)cc23)c1. The van der Waals surface area contributed by atoms with Crippen molar-refractivity contribution in [2.75, 3.05) is 24.9 Å². The maximum Gasteiger partial charge on any atom is 0.248 e. The lowest BCUT2D eigenvalue weighted by Crippen LogP contribution is -2.10. The van der Waals surface area contributed by atoms with Crippen LogP contribution in [-0.4, -0.2) is 26.0 Å². The Bertz CT molecular complexity index is 1480. The van der Waals surface area contributed by atoms with Crippen molar-refractivity contribution in [2.45, 2.75) is 20.8 Å². The van der Waals surface area contributed by atoms with Gasteiger partial charge in [-0.2, -0.15) is 0 Å². The van der Waals surface area contributed by atoms with Crippen molar-refractivity contribution >= 4 is 39.7 Å². The second-order valence-electron chi connectivity index (χ2n) is 8.42. The molecule has 0 spiro atoms. The molecule has 4 aromatic rings. The average molecular weight is 485 g/mol. The van der Waals surface area contributed by atoms with Gasteiger partial charge in [0.25, 0.3) is 0 Å². The molecule has 36 heavy (non-hydrogen) atoms. The molecule has 0 atom stereocenters. The Hall–Kier alpha value is -4.52. The first-order chi connectivity index (χ1) is 17.3. The fourth-order valence-electron chi connectivity index (χ4n) is 4.22. The van der Waals surface area contributed by atoms with Gasteiger partial charge in [0, 0.05) is 46.5 Å². The van der Waals surface area contributed by atoms with Crippen molar-refractivity contribution in [3.8, 4) is 22.6 Å². The average Bonchev–Trinajstić information content (AvgIpc) is 3.28. The predicted octanol–water partition coefficient (Wildman–Crippen LogP) is 6.43. The van der Waals surface area contributed by atoms with Crippen LogP contribution in [0.1, 0.15) is 25.0 Å². The number of carbonyl (C=O) groups is 2. The van der Waals surface area contributed by atoms with Crippen molar-refractivity contribution in [1.29, 1.82) is 0 Å². The molecule has 1 heterocycles. The molecule has 1 aromatic heterocycles. The van der Waals surface area contributed by atoms with Crippen molar-refractivity contribution in [1.82, 2.24) is 0 Å². The van der Waals surface area contributed by atoms with Crippen molar-refractivity contribution in [2.24, 2.45) is 0 Å². The number of methoxy groups -OCH3 is 2. The number of fused-ring (bicyclic) bond motifs is 1. The molecule has 7 nitrogen and oxygen atoms in total. The van der Waals surface area contributed by atoms with Crippen molar-refractivity contribution in [3.05, 3.63) is 78.1 Å². The van der Waals surface area contributed by atoms with Crippen LogP contribution < -0.4 is 20.1 Å². The standard InChI is InChI=1S/C29H28N2O5/c1-17(12-27(33)31-22-10-7-9-21(14-22)30-19(3)32)24-15-25-26(20-8-6-11-23(13-20)34-4)16-36-29(25)18(2)28(24)35-5/h6-16H,1-5H3,(H,30,32)(H,31,33)/b17-12+. The van der Waals surface area contributed by atoms with Gasteiger partial charge in [-0.1, -0.05) is 18.2 Å². The number of furan rings is 1. The zero-order valence-electron chi connectivity index (χ0n) is 20.9. The Morgan fingerprint density at radius 1 is 0.917 bits per heavy atom. The molecular formula is C29H28N2O5. The molecule has 0 bridgehead atoms. The minimum Gasteiger partial charge on any atom is -0.497 e. The summed E-state index contributed by atoms with van der Waals surface area (Å²) in [6.07, 6.45) is 3.25. The number of aryl methyl sites for hydroxylation is 1. The van der Waals surface area contributed by atoms with Gasteiger partial charge < -0.3 is 24.5 Å². The molecule has 0 fully saturated rings. The van der Waals surface area contributed by atoms with Crippen LogP contribution in [0.2, 0.25) is 0 Å². The van der Waals surface area contributed by atoms with Gasteiger partial charge in [-0.15, -0.1) is 0 Å². The number of allylic oxidation sites excluding steroid dienone is 1. The van der Waals surface area contributed by atoms with Gasteiger partial charge in [0.1, 0.15) is 17.1 Å². The number of ether oxygens (including phenoxy) is 2. The highest BCUT2D eigenvalue weighted by Gasteiger charge is 2.19. The minimum absolute atomic E-state index is 0.181. The van der Waals surface area contributed by atoms with Crippen LogP contribution in [0, 0.1) is 6.92 Å². The van der Waals surface area contributed by atoms with Crippen LogP contribution in [0.5, 0.6) is 11.5 Å². The highest BCUT2D eigenvalue weighted by Crippen LogP contribution is 2.41. The summed E-state index contributed by atoms with van der Waals surface area (Å²) in [4.78, 5) is 24.2. The summed E-state index contributed by atoms with van der Waals surface area (Å²) in [5.41, 5.74) is 6.14. The normalized spacial score (nSPS) is 11.3. The van der Waals surface area contributed by atoms with E-state index < -0.39 is 0 Å². The molecule has 2 N–H and O–H groups in total. The Morgan fingerprint density at radius 3 is 2.33 bits per heavy atom. The monoisotopic (exact) mass is 484 g/mol. The summed E-state index contributed by atoms with van der Waals surface area (Å²) in [7, 11) is 3.24. The second-order valence-corrected chi connectivity index (χ2v) is 8.42. The molecule has 0 saturated heterocycles. The van der Waals surface area contributed by atoms with E-state index in [0.717, 1.165) is 44.5 Å². The number of benzene rings is 3. The van der Waals surface area contributed by atoms with Crippen LogP contribution in [0.3, 0.4) is 0 Å². The summed E-state index contributed by atoms with van der Waals surface area (Å²) in [6, 6.07) is 16.7. The number of hydrogen-bond acceptors (Lipinski definition) is 5. The van der Waals surface area contributed by atoms with E-state index >= 15 is 0 Å². The number of amides is 2.